The Morgan fingerprint density at radius 1 is 1.54 bits per heavy atom. The van der Waals surface area contributed by atoms with Gasteiger partial charge in [-0.2, -0.15) is 0 Å². The number of aliphatic hydroxyl groups is 1. The van der Waals surface area contributed by atoms with E-state index >= 15 is 0 Å². The average molecular weight is 182 g/mol. The van der Waals surface area contributed by atoms with Crippen LogP contribution in [0.1, 0.15) is 10.4 Å². The van der Waals surface area contributed by atoms with Crippen LogP contribution < -0.4 is 9.47 Å². The highest BCUT2D eigenvalue weighted by atomic mass is 16.6. The normalized spacial score (nSPS) is 9.38. The van der Waals surface area contributed by atoms with E-state index in [-0.39, 0.29) is 5.75 Å². The van der Waals surface area contributed by atoms with E-state index in [1.807, 2.05) is 0 Å². The number of hydrogen-bond acceptors (Lipinski definition) is 4. The fourth-order valence-electron chi connectivity index (χ4n) is 1.01. The minimum atomic E-state index is -0.485. The first-order valence-corrected chi connectivity index (χ1v) is 3.69. The van der Waals surface area contributed by atoms with Gasteiger partial charge in [-0.3, -0.25) is 4.79 Å². The van der Waals surface area contributed by atoms with E-state index in [1.165, 1.54) is 7.11 Å². The van der Waals surface area contributed by atoms with Crippen molar-refractivity contribution in [3.05, 3.63) is 23.8 Å². The van der Waals surface area contributed by atoms with E-state index in [9.17, 15) is 4.79 Å². The third kappa shape index (κ3) is 1.97. The summed E-state index contributed by atoms with van der Waals surface area (Å²) < 4.78 is 9.79. The number of ether oxygens (including phenoxy) is 2. The maximum atomic E-state index is 10.6. The maximum Gasteiger partial charge on any atom is 0.186 e. The number of aldehydes is 1. The molecule has 0 aliphatic rings. The van der Waals surface area contributed by atoms with Crippen molar-refractivity contribution in [3.8, 4) is 11.5 Å². The Bertz CT molecular complexity index is 296. The summed E-state index contributed by atoms with van der Waals surface area (Å²) in [6, 6.07) is 4.91. The number of hydrogen-bond donors (Lipinski definition) is 1. The molecule has 0 spiro atoms. The van der Waals surface area contributed by atoms with Gasteiger partial charge in [0.15, 0.2) is 24.6 Å². The SMILES string of the molecule is COc1cccc(C=O)c1OCO. The second-order valence-corrected chi connectivity index (χ2v) is 2.27. The van der Waals surface area contributed by atoms with E-state index < -0.39 is 6.79 Å². The summed E-state index contributed by atoms with van der Waals surface area (Å²) in [5.41, 5.74) is 0.355. The number of carbonyl (C=O) groups excluding carboxylic acids is 1. The molecule has 4 nitrogen and oxygen atoms in total. The molecule has 0 heterocycles. The molecule has 0 saturated heterocycles. The number of methoxy groups -OCH3 is 1. The van der Waals surface area contributed by atoms with Crippen molar-refractivity contribution in [1.29, 1.82) is 0 Å². The van der Waals surface area contributed by atoms with Crippen molar-refractivity contribution in [1.82, 2.24) is 0 Å². The highest BCUT2D eigenvalue weighted by molar-refractivity contribution is 5.81. The molecule has 13 heavy (non-hydrogen) atoms. The molecule has 1 aromatic rings. The standard InChI is InChI=1S/C9H10O4/c1-12-8-4-2-3-7(5-10)9(8)13-6-11/h2-5,11H,6H2,1H3. The predicted octanol–water partition coefficient (Wildman–Crippen LogP) is 0.836. The molecular weight excluding hydrogens is 172 g/mol. The minimum Gasteiger partial charge on any atom is -0.493 e. The van der Waals surface area contributed by atoms with Crippen molar-refractivity contribution >= 4 is 6.29 Å². The van der Waals surface area contributed by atoms with Gasteiger partial charge in [0, 0.05) is 0 Å². The third-order valence-electron chi connectivity index (χ3n) is 1.57. The minimum absolute atomic E-state index is 0.266. The van der Waals surface area contributed by atoms with Crippen molar-refractivity contribution in [2.75, 3.05) is 13.9 Å². The quantitative estimate of drug-likeness (QED) is 0.553. The van der Waals surface area contributed by atoms with Gasteiger partial charge in [0.05, 0.1) is 12.7 Å². The lowest BCUT2D eigenvalue weighted by molar-refractivity contribution is 0.0930. The maximum absolute atomic E-state index is 10.6. The molecule has 0 unspecified atom stereocenters. The Labute approximate surface area is 75.7 Å². The van der Waals surface area contributed by atoms with Crippen LogP contribution in [0.4, 0.5) is 0 Å². The van der Waals surface area contributed by atoms with E-state index in [0.29, 0.717) is 17.6 Å². The van der Waals surface area contributed by atoms with Crippen molar-refractivity contribution in [2.45, 2.75) is 0 Å². The van der Waals surface area contributed by atoms with Gasteiger partial charge in [0.25, 0.3) is 0 Å². The molecule has 0 aliphatic heterocycles. The summed E-state index contributed by atoms with van der Waals surface area (Å²) in [4.78, 5) is 10.6. The monoisotopic (exact) mass is 182 g/mol. The topological polar surface area (TPSA) is 55.8 Å². The zero-order chi connectivity index (χ0) is 9.68. The first kappa shape index (κ1) is 9.54. The molecule has 1 aromatic carbocycles. The van der Waals surface area contributed by atoms with Crippen molar-refractivity contribution < 1.29 is 19.4 Å². The van der Waals surface area contributed by atoms with Crippen LogP contribution in [0.3, 0.4) is 0 Å². The number of para-hydroxylation sites is 1. The van der Waals surface area contributed by atoms with Crippen LogP contribution in [0.25, 0.3) is 0 Å². The number of aliphatic hydroxyl groups excluding tert-OH is 1. The second kappa shape index (κ2) is 4.47. The zero-order valence-electron chi connectivity index (χ0n) is 7.19. The Kier molecular flexibility index (Phi) is 3.28. The Morgan fingerprint density at radius 2 is 2.31 bits per heavy atom. The van der Waals surface area contributed by atoms with Crippen LogP contribution in [0.15, 0.2) is 18.2 Å². The Balaban J connectivity index is 3.12. The van der Waals surface area contributed by atoms with Crippen LogP contribution in [-0.2, 0) is 0 Å². The van der Waals surface area contributed by atoms with Gasteiger partial charge in [-0.25, -0.2) is 0 Å². The van der Waals surface area contributed by atoms with E-state index in [2.05, 4.69) is 0 Å². The highest BCUT2D eigenvalue weighted by Crippen LogP contribution is 2.29. The number of benzene rings is 1. The zero-order valence-corrected chi connectivity index (χ0v) is 7.19. The highest BCUT2D eigenvalue weighted by Gasteiger charge is 2.08. The first-order valence-electron chi connectivity index (χ1n) is 3.69. The molecule has 1 rings (SSSR count). The van der Waals surface area contributed by atoms with Crippen molar-refractivity contribution in [2.24, 2.45) is 0 Å². The summed E-state index contributed by atoms with van der Waals surface area (Å²) in [6.07, 6.45) is 0.646. The molecule has 0 aliphatic carbocycles. The summed E-state index contributed by atoms with van der Waals surface area (Å²) >= 11 is 0. The molecule has 0 radical (unpaired) electrons. The molecule has 0 aromatic heterocycles. The molecule has 0 fully saturated rings. The lowest BCUT2D eigenvalue weighted by Gasteiger charge is -2.09. The van der Waals surface area contributed by atoms with Gasteiger partial charge in [0.1, 0.15) is 0 Å². The molecule has 0 atom stereocenters. The largest absolute Gasteiger partial charge is 0.493 e. The van der Waals surface area contributed by atoms with Crippen molar-refractivity contribution in [3.63, 3.8) is 0 Å². The molecule has 0 saturated carbocycles. The van der Waals surface area contributed by atoms with Gasteiger partial charge in [-0.1, -0.05) is 6.07 Å². The molecule has 70 valence electrons. The predicted molar refractivity (Wildman–Crippen MR) is 46.1 cm³/mol. The van der Waals surface area contributed by atoms with E-state index in [4.69, 9.17) is 14.6 Å². The summed E-state index contributed by atoms with van der Waals surface area (Å²) in [7, 11) is 1.47. The van der Waals surface area contributed by atoms with Crippen LogP contribution in [0.2, 0.25) is 0 Å². The van der Waals surface area contributed by atoms with Crippen LogP contribution in [0.5, 0.6) is 11.5 Å². The molecular formula is C9H10O4. The first-order chi connectivity index (χ1) is 6.33. The van der Waals surface area contributed by atoms with Gasteiger partial charge in [-0.15, -0.1) is 0 Å². The molecule has 0 bridgehead atoms. The third-order valence-corrected chi connectivity index (χ3v) is 1.57. The van der Waals surface area contributed by atoms with E-state index in [1.54, 1.807) is 18.2 Å². The summed E-state index contributed by atoms with van der Waals surface area (Å²) in [5.74, 6) is 0.696. The molecule has 0 amide bonds. The Hall–Kier alpha value is -1.55. The lowest BCUT2D eigenvalue weighted by Crippen LogP contribution is -2.00. The average Bonchev–Trinajstić information content (AvgIpc) is 2.18. The number of carbonyl (C=O) groups is 1. The fraction of sp³-hybridized carbons (Fsp3) is 0.222. The smallest absolute Gasteiger partial charge is 0.186 e. The van der Waals surface area contributed by atoms with Crippen LogP contribution in [-0.4, -0.2) is 25.3 Å². The van der Waals surface area contributed by atoms with Crippen LogP contribution in [0, 0.1) is 0 Å². The lowest BCUT2D eigenvalue weighted by atomic mass is 10.2. The summed E-state index contributed by atoms with van der Waals surface area (Å²) in [6.45, 7) is -0.485. The van der Waals surface area contributed by atoms with E-state index in [0.717, 1.165) is 0 Å². The fourth-order valence-corrected chi connectivity index (χ4v) is 1.01. The Morgan fingerprint density at radius 3 is 2.85 bits per heavy atom. The van der Waals surface area contributed by atoms with Gasteiger partial charge in [0.2, 0.25) is 0 Å². The number of rotatable bonds is 4. The summed E-state index contributed by atoms with van der Waals surface area (Å²) in [5, 5.41) is 8.57. The second-order valence-electron chi connectivity index (χ2n) is 2.27. The molecule has 1 N–H and O–H groups in total. The molecule has 4 heteroatoms. The van der Waals surface area contributed by atoms with Gasteiger partial charge < -0.3 is 14.6 Å². The van der Waals surface area contributed by atoms with Crippen LogP contribution >= 0.6 is 0 Å². The van der Waals surface area contributed by atoms with Gasteiger partial charge in [-0.05, 0) is 12.1 Å². The van der Waals surface area contributed by atoms with Gasteiger partial charge >= 0.3 is 0 Å².